The predicted octanol–water partition coefficient (Wildman–Crippen LogP) is 0.0817. The summed E-state index contributed by atoms with van der Waals surface area (Å²) >= 11 is 0. The van der Waals surface area contributed by atoms with E-state index in [2.05, 4.69) is 0 Å². The van der Waals surface area contributed by atoms with E-state index in [-0.39, 0.29) is 19.1 Å². The fraction of sp³-hybridized carbons (Fsp3) is 0.875. The number of aliphatic hydroxyl groups excluding tert-OH is 1. The molecular formula is C8H12FNO2. The van der Waals surface area contributed by atoms with Crippen molar-refractivity contribution < 1.29 is 14.3 Å². The maximum atomic E-state index is 12.9. The van der Waals surface area contributed by atoms with E-state index < -0.39 is 11.7 Å². The molecule has 0 aromatic carbocycles. The molecule has 12 heavy (non-hydrogen) atoms. The van der Waals surface area contributed by atoms with Crippen molar-refractivity contribution >= 4 is 5.91 Å². The molecule has 2 atom stereocenters. The molecule has 68 valence electrons. The Kier molecular flexibility index (Phi) is 1.61. The molecule has 0 radical (unpaired) electrons. The molecule has 2 aliphatic rings. The van der Waals surface area contributed by atoms with Crippen molar-refractivity contribution in [2.24, 2.45) is 0 Å². The van der Waals surface area contributed by atoms with Crippen LogP contribution in [-0.2, 0) is 4.79 Å². The summed E-state index contributed by atoms with van der Waals surface area (Å²) in [7, 11) is 0. The minimum Gasteiger partial charge on any atom is -0.394 e. The van der Waals surface area contributed by atoms with E-state index in [1.165, 1.54) is 4.90 Å². The van der Waals surface area contributed by atoms with E-state index in [0.717, 1.165) is 0 Å². The van der Waals surface area contributed by atoms with Gasteiger partial charge in [-0.15, -0.1) is 0 Å². The zero-order chi connectivity index (χ0) is 8.77. The first kappa shape index (κ1) is 7.98. The highest BCUT2D eigenvalue weighted by molar-refractivity contribution is 5.80. The molecule has 0 aromatic heterocycles. The van der Waals surface area contributed by atoms with E-state index in [1.807, 2.05) is 0 Å². The van der Waals surface area contributed by atoms with Gasteiger partial charge in [0.2, 0.25) is 5.91 Å². The Morgan fingerprint density at radius 3 is 3.08 bits per heavy atom. The van der Waals surface area contributed by atoms with Crippen LogP contribution in [0.2, 0.25) is 0 Å². The van der Waals surface area contributed by atoms with Gasteiger partial charge in [0.15, 0.2) is 0 Å². The number of rotatable bonds is 1. The zero-order valence-electron chi connectivity index (χ0n) is 6.79. The molecule has 1 N–H and O–H groups in total. The maximum Gasteiger partial charge on any atom is 0.223 e. The Hall–Kier alpha value is -0.640. The minimum absolute atomic E-state index is 0.01000. The molecule has 0 saturated carbocycles. The lowest BCUT2D eigenvalue weighted by molar-refractivity contribution is -0.130. The smallest absolute Gasteiger partial charge is 0.223 e. The molecular weight excluding hydrogens is 161 g/mol. The summed E-state index contributed by atoms with van der Waals surface area (Å²) < 4.78 is 12.9. The Morgan fingerprint density at radius 1 is 1.75 bits per heavy atom. The van der Waals surface area contributed by atoms with Gasteiger partial charge in [0.05, 0.1) is 18.7 Å². The SMILES string of the molecule is O=C1CC[C@]2(CO)C[C@@H](F)CN12. The van der Waals surface area contributed by atoms with Gasteiger partial charge in [-0.1, -0.05) is 0 Å². The largest absolute Gasteiger partial charge is 0.394 e. The molecule has 0 unspecified atom stereocenters. The molecule has 1 amide bonds. The third-order valence-electron chi connectivity index (χ3n) is 2.95. The van der Waals surface area contributed by atoms with Crippen molar-refractivity contribution in [2.75, 3.05) is 13.2 Å². The molecule has 2 saturated heterocycles. The van der Waals surface area contributed by atoms with Crippen molar-refractivity contribution in [1.82, 2.24) is 4.90 Å². The number of halogens is 1. The van der Waals surface area contributed by atoms with Gasteiger partial charge < -0.3 is 10.0 Å². The number of aliphatic hydroxyl groups is 1. The summed E-state index contributed by atoms with van der Waals surface area (Å²) in [6, 6.07) is 0. The van der Waals surface area contributed by atoms with Crippen LogP contribution in [0.3, 0.4) is 0 Å². The lowest BCUT2D eigenvalue weighted by Gasteiger charge is -2.28. The van der Waals surface area contributed by atoms with Gasteiger partial charge in [-0.2, -0.15) is 0 Å². The molecule has 4 heteroatoms. The fourth-order valence-corrected chi connectivity index (χ4v) is 2.29. The third kappa shape index (κ3) is 0.874. The standard InChI is InChI=1S/C8H12FNO2/c9-6-3-8(5-11)2-1-7(12)10(8)4-6/h6,11H,1-5H2/t6-,8-/m1/s1. The molecule has 0 bridgehead atoms. The topological polar surface area (TPSA) is 40.5 Å². The summed E-state index contributed by atoms with van der Waals surface area (Å²) in [5.74, 6) is -0.01000. The third-order valence-corrected chi connectivity index (χ3v) is 2.95. The second kappa shape index (κ2) is 2.42. The first-order chi connectivity index (χ1) is 5.68. The normalized spacial score (nSPS) is 40.7. The quantitative estimate of drug-likeness (QED) is 0.610. The van der Waals surface area contributed by atoms with E-state index in [9.17, 15) is 9.18 Å². The minimum atomic E-state index is -0.943. The van der Waals surface area contributed by atoms with E-state index in [1.54, 1.807) is 0 Å². The van der Waals surface area contributed by atoms with Gasteiger partial charge in [0.25, 0.3) is 0 Å². The molecule has 2 fully saturated rings. The Morgan fingerprint density at radius 2 is 2.50 bits per heavy atom. The van der Waals surface area contributed by atoms with Crippen LogP contribution in [0, 0.1) is 0 Å². The van der Waals surface area contributed by atoms with Gasteiger partial charge in [0.1, 0.15) is 6.17 Å². The molecule has 2 aliphatic heterocycles. The maximum absolute atomic E-state index is 12.9. The van der Waals surface area contributed by atoms with Crippen LogP contribution >= 0.6 is 0 Å². The highest BCUT2D eigenvalue weighted by Gasteiger charge is 2.51. The van der Waals surface area contributed by atoms with Crippen LogP contribution in [0.25, 0.3) is 0 Å². The van der Waals surface area contributed by atoms with Gasteiger partial charge in [-0.3, -0.25) is 4.79 Å². The molecule has 0 spiro atoms. The Bertz CT molecular complexity index is 221. The average molecular weight is 173 g/mol. The second-order valence-electron chi connectivity index (χ2n) is 3.69. The highest BCUT2D eigenvalue weighted by atomic mass is 19.1. The highest BCUT2D eigenvalue weighted by Crippen LogP contribution is 2.40. The van der Waals surface area contributed by atoms with Crippen LogP contribution in [-0.4, -0.2) is 40.8 Å². The summed E-state index contributed by atoms with van der Waals surface area (Å²) in [6.45, 7) is 0.0819. The summed E-state index contributed by atoms with van der Waals surface area (Å²) in [6.07, 6.45) is 0.451. The number of fused-ring (bicyclic) bond motifs is 1. The molecule has 2 rings (SSSR count). The Labute approximate surface area is 70.2 Å². The van der Waals surface area contributed by atoms with Crippen molar-refractivity contribution in [3.8, 4) is 0 Å². The van der Waals surface area contributed by atoms with E-state index in [0.29, 0.717) is 19.3 Å². The van der Waals surface area contributed by atoms with Gasteiger partial charge in [0, 0.05) is 12.8 Å². The molecule has 0 aromatic rings. The number of amides is 1. The fourth-order valence-electron chi connectivity index (χ4n) is 2.29. The van der Waals surface area contributed by atoms with Crippen molar-refractivity contribution in [2.45, 2.75) is 31.0 Å². The van der Waals surface area contributed by atoms with Gasteiger partial charge in [-0.25, -0.2) is 4.39 Å². The number of alkyl halides is 1. The predicted molar refractivity (Wildman–Crippen MR) is 40.3 cm³/mol. The van der Waals surface area contributed by atoms with E-state index in [4.69, 9.17) is 5.11 Å². The van der Waals surface area contributed by atoms with E-state index >= 15 is 0 Å². The van der Waals surface area contributed by atoms with Crippen LogP contribution in [0.15, 0.2) is 0 Å². The number of carbonyl (C=O) groups excluding carboxylic acids is 1. The second-order valence-corrected chi connectivity index (χ2v) is 3.69. The number of hydrogen-bond donors (Lipinski definition) is 1. The molecule has 2 heterocycles. The number of nitrogens with zero attached hydrogens (tertiary/aromatic N) is 1. The monoisotopic (exact) mass is 173 g/mol. The number of hydrogen-bond acceptors (Lipinski definition) is 2. The summed E-state index contributed by atoms with van der Waals surface area (Å²) in [4.78, 5) is 12.7. The number of carbonyl (C=O) groups is 1. The van der Waals surface area contributed by atoms with Crippen molar-refractivity contribution in [1.29, 1.82) is 0 Å². The van der Waals surface area contributed by atoms with Crippen molar-refractivity contribution in [3.63, 3.8) is 0 Å². The molecule has 3 nitrogen and oxygen atoms in total. The van der Waals surface area contributed by atoms with Crippen molar-refractivity contribution in [3.05, 3.63) is 0 Å². The van der Waals surface area contributed by atoms with Gasteiger partial charge >= 0.3 is 0 Å². The summed E-state index contributed by atoms with van der Waals surface area (Å²) in [5, 5.41) is 9.10. The lowest BCUT2D eigenvalue weighted by Crippen LogP contribution is -2.43. The lowest BCUT2D eigenvalue weighted by atomic mass is 9.95. The first-order valence-corrected chi connectivity index (χ1v) is 4.23. The van der Waals surface area contributed by atoms with Gasteiger partial charge in [-0.05, 0) is 6.42 Å². The zero-order valence-corrected chi connectivity index (χ0v) is 6.79. The summed E-state index contributed by atoms with van der Waals surface area (Å²) in [5.41, 5.74) is -0.545. The molecule has 0 aliphatic carbocycles. The van der Waals surface area contributed by atoms with Crippen LogP contribution < -0.4 is 0 Å². The average Bonchev–Trinajstić information content (AvgIpc) is 2.51. The van der Waals surface area contributed by atoms with Crippen LogP contribution in [0.1, 0.15) is 19.3 Å². The van der Waals surface area contributed by atoms with Crippen LogP contribution in [0.4, 0.5) is 4.39 Å². The Balaban J connectivity index is 2.25. The van der Waals surface area contributed by atoms with Crippen LogP contribution in [0.5, 0.6) is 0 Å². The first-order valence-electron chi connectivity index (χ1n) is 4.23.